The van der Waals surface area contributed by atoms with E-state index in [0.29, 0.717) is 6.42 Å². The first-order chi connectivity index (χ1) is 12.1. The molecule has 1 aromatic heterocycles. The van der Waals surface area contributed by atoms with Gasteiger partial charge in [0.05, 0.1) is 25.4 Å². The predicted molar refractivity (Wildman–Crippen MR) is 97.8 cm³/mol. The molecule has 1 atom stereocenters. The van der Waals surface area contributed by atoms with E-state index in [4.69, 9.17) is 4.74 Å². The SMILES string of the molecule is COc1cccc(CCC(=O)N2CCCC2Cn2nc(C)cc2C)c1. The van der Waals surface area contributed by atoms with E-state index in [0.717, 1.165) is 55.1 Å². The third kappa shape index (κ3) is 4.21. The second-order valence-corrected chi connectivity index (χ2v) is 6.84. The zero-order chi connectivity index (χ0) is 17.8. The molecule has 1 aromatic carbocycles. The average Bonchev–Trinajstić information content (AvgIpc) is 3.19. The van der Waals surface area contributed by atoms with Crippen molar-refractivity contribution in [1.82, 2.24) is 14.7 Å². The standard InChI is InChI=1S/C20H27N3O2/c1-15-12-16(2)23(21-15)14-18-7-5-11-22(18)20(24)10-9-17-6-4-8-19(13-17)25-3/h4,6,8,12-13,18H,5,7,9-11,14H2,1-3H3. The molecule has 25 heavy (non-hydrogen) atoms. The summed E-state index contributed by atoms with van der Waals surface area (Å²) in [6, 6.07) is 10.3. The highest BCUT2D eigenvalue weighted by Gasteiger charge is 2.29. The van der Waals surface area contributed by atoms with Crippen LogP contribution in [0.1, 0.15) is 36.2 Å². The van der Waals surface area contributed by atoms with E-state index in [1.54, 1.807) is 7.11 Å². The minimum Gasteiger partial charge on any atom is -0.497 e. The number of ether oxygens (including phenoxy) is 1. The van der Waals surface area contributed by atoms with E-state index in [-0.39, 0.29) is 11.9 Å². The zero-order valence-corrected chi connectivity index (χ0v) is 15.4. The summed E-state index contributed by atoms with van der Waals surface area (Å²) in [6.45, 7) is 5.74. The molecule has 0 spiro atoms. The van der Waals surface area contributed by atoms with Crippen molar-refractivity contribution in [2.75, 3.05) is 13.7 Å². The van der Waals surface area contributed by atoms with Crippen LogP contribution in [-0.2, 0) is 17.8 Å². The molecule has 5 heteroatoms. The van der Waals surface area contributed by atoms with Gasteiger partial charge in [0.2, 0.25) is 5.91 Å². The Morgan fingerprint density at radius 3 is 2.88 bits per heavy atom. The van der Waals surface area contributed by atoms with Gasteiger partial charge in [-0.15, -0.1) is 0 Å². The summed E-state index contributed by atoms with van der Waals surface area (Å²) in [6.07, 6.45) is 3.43. The molecular formula is C20H27N3O2. The minimum absolute atomic E-state index is 0.242. The Bertz CT molecular complexity index is 738. The van der Waals surface area contributed by atoms with Gasteiger partial charge in [0, 0.05) is 18.7 Å². The quantitative estimate of drug-likeness (QED) is 0.811. The summed E-state index contributed by atoms with van der Waals surface area (Å²) in [5.41, 5.74) is 3.33. The molecule has 2 aromatic rings. The molecule has 5 nitrogen and oxygen atoms in total. The van der Waals surface area contributed by atoms with Crippen LogP contribution in [0.5, 0.6) is 5.75 Å². The first-order valence-corrected chi connectivity index (χ1v) is 9.00. The van der Waals surface area contributed by atoms with Crippen molar-refractivity contribution >= 4 is 5.91 Å². The Kier molecular flexibility index (Phi) is 5.41. The van der Waals surface area contributed by atoms with E-state index < -0.39 is 0 Å². The Labute approximate surface area is 149 Å². The number of hydrogen-bond acceptors (Lipinski definition) is 3. The first-order valence-electron chi connectivity index (χ1n) is 9.00. The molecule has 1 aliphatic rings. The number of amides is 1. The molecule has 0 radical (unpaired) electrons. The monoisotopic (exact) mass is 341 g/mol. The number of methoxy groups -OCH3 is 1. The third-order valence-corrected chi connectivity index (χ3v) is 4.95. The lowest BCUT2D eigenvalue weighted by Gasteiger charge is -2.25. The molecule has 0 N–H and O–H groups in total. The lowest BCUT2D eigenvalue weighted by molar-refractivity contribution is -0.132. The molecule has 2 heterocycles. The van der Waals surface area contributed by atoms with Crippen molar-refractivity contribution in [3.63, 3.8) is 0 Å². The van der Waals surface area contributed by atoms with Crippen LogP contribution >= 0.6 is 0 Å². The van der Waals surface area contributed by atoms with Crippen LogP contribution in [0, 0.1) is 13.8 Å². The maximum atomic E-state index is 12.7. The molecule has 134 valence electrons. The van der Waals surface area contributed by atoms with Gasteiger partial charge in [0.1, 0.15) is 5.75 Å². The second kappa shape index (κ2) is 7.72. The highest BCUT2D eigenvalue weighted by atomic mass is 16.5. The number of aromatic nitrogens is 2. The number of nitrogens with zero attached hydrogens (tertiary/aromatic N) is 3. The molecule has 1 unspecified atom stereocenters. The molecule has 1 saturated heterocycles. The Morgan fingerprint density at radius 2 is 2.16 bits per heavy atom. The third-order valence-electron chi connectivity index (χ3n) is 4.95. The van der Waals surface area contributed by atoms with E-state index in [1.165, 1.54) is 0 Å². The number of carbonyl (C=O) groups excluding carboxylic acids is 1. The van der Waals surface area contributed by atoms with Crippen molar-refractivity contribution in [1.29, 1.82) is 0 Å². The first kappa shape index (κ1) is 17.5. The molecular weight excluding hydrogens is 314 g/mol. The summed E-state index contributed by atoms with van der Waals surface area (Å²) in [7, 11) is 1.66. The smallest absolute Gasteiger partial charge is 0.223 e. The highest BCUT2D eigenvalue weighted by Crippen LogP contribution is 2.22. The number of likely N-dealkylation sites (tertiary alicyclic amines) is 1. The summed E-state index contributed by atoms with van der Waals surface area (Å²) in [5.74, 6) is 1.08. The fourth-order valence-corrected chi connectivity index (χ4v) is 3.64. The largest absolute Gasteiger partial charge is 0.497 e. The molecule has 1 aliphatic heterocycles. The van der Waals surface area contributed by atoms with Gasteiger partial charge < -0.3 is 9.64 Å². The maximum Gasteiger partial charge on any atom is 0.223 e. The number of aryl methyl sites for hydroxylation is 3. The van der Waals surface area contributed by atoms with Crippen molar-refractivity contribution < 1.29 is 9.53 Å². The fraction of sp³-hybridized carbons (Fsp3) is 0.500. The van der Waals surface area contributed by atoms with Crippen LogP contribution in [0.2, 0.25) is 0 Å². The number of rotatable bonds is 6. The fourth-order valence-electron chi connectivity index (χ4n) is 3.64. The van der Waals surface area contributed by atoms with Gasteiger partial charge in [-0.1, -0.05) is 12.1 Å². The van der Waals surface area contributed by atoms with Crippen molar-refractivity contribution in [2.24, 2.45) is 0 Å². The van der Waals surface area contributed by atoms with Gasteiger partial charge in [0.15, 0.2) is 0 Å². The van der Waals surface area contributed by atoms with Gasteiger partial charge in [0.25, 0.3) is 0 Å². The maximum absolute atomic E-state index is 12.7. The van der Waals surface area contributed by atoms with Crippen molar-refractivity contribution in [3.8, 4) is 5.75 Å². The average molecular weight is 341 g/mol. The van der Waals surface area contributed by atoms with Gasteiger partial charge in [-0.05, 0) is 56.9 Å². The van der Waals surface area contributed by atoms with E-state index in [9.17, 15) is 4.79 Å². The van der Waals surface area contributed by atoms with E-state index >= 15 is 0 Å². The lowest BCUT2D eigenvalue weighted by atomic mass is 10.1. The Morgan fingerprint density at radius 1 is 1.32 bits per heavy atom. The topological polar surface area (TPSA) is 47.4 Å². The van der Waals surface area contributed by atoms with Crippen LogP contribution in [-0.4, -0.2) is 40.3 Å². The lowest BCUT2D eigenvalue weighted by Crippen LogP contribution is -2.38. The van der Waals surface area contributed by atoms with Gasteiger partial charge in [-0.2, -0.15) is 5.10 Å². The van der Waals surface area contributed by atoms with Crippen LogP contribution in [0.3, 0.4) is 0 Å². The van der Waals surface area contributed by atoms with Crippen LogP contribution < -0.4 is 4.74 Å². The van der Waals surface area contributed by atoms with Crippen LogP contribution in [0.25, 0.3) is 0 Å². The van der Waals surface area contributed by atoms with Gasteiger partial charge in [-0.25, -0.2) is 0 Å². The molecule has 0 bridgehead atoms. The second-order valence-electron chi connectivity index (χ2n) is 6.84. The number of carbonyl (C=O) groups is 1. The van der Waals surface area contributed by atoms with Crippen molar-refractivity contribution in [3.05, 3.63) is 47.3 Å². The van der Waals surface area contributed by atoms with Gasteiger partial charge >= 0.3 is 0 Å². The van der Waals surface area contributed by atoms with Crippen LogP contribution in [0.15, 0.2) is 30.3 Å². The normalized spacial score (nSPS) is 17.1. The summed E-state index contributed by atoms with van der Waals surface area (Å²) in [5, 5.41) is 4.54. The molecule has 0 aliphatic carbocycles. The van der Waals surface area contributed by atoms with E-state index in [1.807, 2.05) is 35.9 Å². The molecule has 3 rings (SSSR count). The highest BCUT2D eigenvalue weighted by molar-refractivity contribution is 5.77. The summed E-state index contributed by atoms with van der Waals surface area (Å²) in [4.78, 5) is 14.8. The number of hydrogen-bond donors (Lipinski definition) is 0. The predicted octanol–water partition coefficient (Wildman–Crippen LogP) is 3.13. The molecule has 1 fully saturated rings. The van der Waals surface area contributed by atoms with Crippen LogP contribution in [0.4, 0.5) is 0 Å². The summed E-state index contributed by atoms with van der Waals surface area (Å²) < 4.78 is 7.29. The minimum atomic E-state index is 0.242. The zero-order valence-electron chi connectivity index (χ0n) is 15.4. The van der Waals surface area contributed by atoms with E-state index in [2.05, 4.69) is 23.0 Å². The molecule has 1 amide bonds. The summed E-state index contributed by atoms with van der Waals surface area (Å²) >= 11 is 0. The Balaban J connectivity index is 1.59. The van der Waals surface area contributed by atoms with Gasteiger partial charge in [-0.3, -0.25) is 9.48 Å². The Hall–Kier alpha value is -2.30. The number of benzene rings is 1. The molecule has 0 saturated carbocycles. The van der Waals surface area contributed by atoms with Crippen molar-refractivity contribution in [2.45, 2.75) is 52.1 Å².